The summed E-state index contributed by atoms with van der Waals surface area (Å²) in [6, 6.07) is 20.7. The van der Waals surface area contributed by atoms with Crippen LogP contribution in [0.25, 0.3) is 0 Å². The summed E-state index contributed by atoms with van der Waals surface area (Å²) in [6.45, 7) is 0.219. The van der Waals surface area contributed by atoms with Crippen LogP contribution in [0.3, 0.4) is 0 Å². The summed E-state index contributed by atoms with van der Waals surface area (Å²) in [5.41, 5.74) is 2.56. The zero-order valence-corrected chi connectivity index (χ0v) is 9.92. The van der Waals surface area contributed by atoms with Gasteiger partial charge in [0.15, 0.2) is 0 Å². The molecule has 1 heteroatoms. The molecule has 0 aliphatic rings. The van der Waals surface area contributed by atoms with Gasteiger partial charge in [-0.1, -0.05) is 60.7 Å². The Kier molecular flexibility index (Phi) is 4.34. The fraction of sp³-hybridized carbons (Fsp3) is 0.250. The molecule has 2 aromatic rings. The molecule has 0 saturated carbocycles. The molecule has 1 atom stereocenters. The Bertz CT molecular complexity index is 422. The van der Waals surface area contributed by atoms with Gasteiger partial charge in [0.05, 0.1) is 0 Å². The van der Waals surface area contributed by atoms with Crippen LogP contribution in [0.1, 0.15) is 23.5 Å². The van der Waals surface area contributed by atoms with Crippen LogP contribution in [0.5, 0.6) is 0 Å². The van der Waals surface area contributed by atoms with E-state index in [4.69, 9.17) is 0 Å². The first-order valence-electron chi connectivity index (χ1n) is 6.10. The largest absolute Gasteiger partial charge is 0.396 e. The van der Waals surface area contributed by atoms with Crippen molar-refractivity contribution in [2.75, 3.05) is 6.61 Å². The second-order valence-corrected chi connectivity index (χ2v) is 4.31. The zero-order chi connectivity index (χ0) is 11.9. The normalized spacial score (nSPS) is 12.3. The van der Waals surface area contributed by atoms with E-state index >= 15 is 0 Å². The molecule has 1 unspecified atom stereocenters. The second-order valence-electron chi connectivity index (χ2n) is 4.31. The van der Waals surface area contributed by atoms with Crippen molar-refractivity contribution >= 4 is 0 Å². The molecule has 0 bridgehead atoms. The molecule has 0 saturated heterocycles. The second kappa shape index (κ2) is 6.21. The van der Waals surface area contributed by atoms with Gasteiger partial charge in [-0.2, -0.15) is 0 Å². The molecule has 0 fully saturated rings. The number of hydrogen-bond acceptors (Lipinski definition) is 1. The van der Waals surface area contributed by atoms with Crippen LogP contribution in [0.4, 0.5) is 0 Å². The van der Waals surface area contributed by atoms with Gasteiger partial charge >= 0.3 is 0 Å². The van der Waals surface area contributed by atoms with E-state index in [0.717, 1.165) is 12.8 Å². The molecule has 88 valence electrons. The molecule has 0 radical (unpaired) electrons. The van der Waals surface area contributed by atoms with Crippen LogP contribution < -0.4 is 0 Å². The van der Waals surface area contributed by atoms with Gasteiger partial charge in [-0.05, 0) is 24.0 Å². The predicted molar refractivity (Wildman–Crippen MR) is 71.0 cm³/mol. The molecule has 0 aliphatic heterocycles. The Hall–Kier alpha value is -1.60. The topological polar surface area (TPSA) is 20.2 Å². The maximum Gasteiger partial charge on any atom is 0.0499 e. The first kappa shape index (κ1) is 11.9. The van der Waals surface area contributed by atoms with Gasteiger partial charge in [0.2, 0.25) is 0 Å². The van der Waals surface area contributed by atoms with E-state index in [1.165, 1.54) is 11.1 Å². The monoisotopic (exact) mass is 226 g/mol. The number of aliphatic hydroxyl groups excluding tert-OH is 1. The Morgan fingerprint density at radius 3 is 2.00 bits per heavy atom. The van der Waals surface area contributed by atoms with Gasteiger partial charge in [0.1, 0.15) is 0 Å². The van der Waals surface area contributed by atoms with Crippen molar-refractivity contribution in [3.8, 4) is 0 Å². The van der Waals surface area contributed by atoms with Crippen molar-refractivity contribution in [3.05, 3.63) is 71.8 Å². The minimum Gasteiger partial charge on any atom is -0.396 e. The third kappa shape index (κ3) is 3.43. The summed E-state index contributed by atoms with van der Waals surface area (Å²) >= 11 is 0. The molecular formula is C16H18O. The summed E-state index contributed by atoms with van der Waals surface area (Å²) in [6.07, 6.45) is 2.01. The molecule has 2 rings (SSSR count). The summed E-state index contributed by atoms with van der Waals surface area (Å²) in [7, 11) is 0. The van der Waals surface area contributed by atoms with E-state index in [1.807, 2.05) is 24.3 Å². The van der Waals surface area contributed by atoms with Crippen molar-refractivity contribution in [3.63, 3.8) is 0 Å². The van der Waals surface area contributed by atoms with Gasteiger partial charge in [0.25, 0.3) is 0 Å². The highest BCUT2D eigenvalue weighted by Crippen LogP contribution is 2.20. The van der Waals surface area contributed by atoms with E-state index in [0.29, 0.717) is 0 Å². The molecule has 1 N–H and O–H groups in total. The van der Waals surface area contributed by atoms with Gasteiger partial charge < -0.3 is 5.11 Å². The lowest BCUT2D eigenvalue weighted by Crippen LogP contribution is -2.05. The maximum absolute atomic E-state index is 9.46. The molecular weight excluding hydrogens is 208 g/mol. The molecule has 0 aliphatic carbocycles. The highest BCUT2D eigenvalue weighted by molar-refractivity contribution is 5.21. The van der Waals surface area contributed by atoms with Crippen LogP contribution in [0.2, 0.25) is 0 Å². The highest BCUT2D eigenvalue weighted by atomic mass is 16.3. The fourth-order valence-corrected chi connectivity index (χ4v) is 2.07. The number of aryl methyl sites for hydroxylation is 1. The molecule has 17 heavy (non-hydrogen) atoms. The van der Waals surface area contributed by atoms with Gasteiger partial charge in [-0.25, -0.2) is 0 Å². The van der Waals surface area contributed by atoms with Crippen molar-refractivity contribution in [2.45, 2.75) is 18.8 Å². The smallest absolute Gasteiger partial charge is 0.0499 e. The lowest BCUT2D eigenvalue weighted by molar-refractivity contribution is 0.259. The van der Waals surface area contributed by atoms with E-state index in [2.05, 4.69) is 36.4 Å². The Balaban J connectivity index is 1.97. The minimum absolute atomic E-state index is 0.219. The third-order valence-corrected chi connectivity index (χ3v) is 3.12. The predicted octanol–water partition coefficient (Wildman–Crippen LogP) is 3.40. The number of aliphatic hydroxyl groups is 1. The molecule has 1 nitrogen and oxygen atoms in total. The molecule has 0 spiro atoms. The van der Waals surface area contributed by atoms with Gasteiger partial charge in [0, 0.05) is 12.5 Å². The standard InChI is InChI=1S/C16H18O/c17-13-16(15-9-5-2-6-10-15)12-11-14-7-3-1-4-8-14/h1-10,16-17H,11-13H2. The van der Waals surface area contributed by atoms with Crippen LogP contribution in [0, 0.1) is 0 Å². The third-order valence-electron chi connectivity index (χ3n) is 3.12. The maximum atomic E-state index is 9.46. The zero-order valence-electron chi connectivity index (χ0n) is 9.92. The lowest BCUT2D eigenvalue weighted by Gasteiger charge is -2.14. The quantitative estimate of drug-likeness (QED) is 0.828. The average molecular weight is 226 g/mol. The first-order chi connectivity index (χ1) is 8.40. The van der Waals surface area contributed by atoms with E-state index < -0.39 is 0 Å². The Morgan fingerprint density at radius 1 is 0.824 bits per heavy atom. The van der Waals surface area contributed by atoms with E-state index in [9.17, 15) is 5.11 Å². The molecule has 2 aromatic carbocycles. The van der Waals surface area contributed by atoms with Crippen molar-refractivity contribution in [2.24, 2.45) is 0 Å². The van der Waals surface area contributed by atoms with Crippen molar-refractivity contribution in [1.29, 1.82) is 0 Å². The highest BCUT2D eigenvalue weighted by Gasteiger charge is 2.09. The molecule has 0 aromatic heterocycles. The molecule has 0 amide bonds. The van der Waals surface area contributed by atoms with Gasteiger partial charge in [-0.3, -0.25) is 0 Å². The fourth-order valence-electron chi connectivity index (χ4n) is 2.07. The van der Waals surface area contributed by atoms with Crippen LogP contribution in [-0.2, 0) is 6.42 Å². The number of rotatable bonds is 5. The summed E-state index contributed by atoms with van der Waals surface area (Å²) in [5.74, 6) is 0.247. The van der Waals surface area contributed by atoms with Crippen LogP contribution in [-0.4, -0.2) is 11.7 Å². The van der Waals surface area contributed by atoms with E-state index in [1.54, 1.807) is 0 Å². The average Bonchev–Trinajstić information content (AvgIpc) is 2.42. The summed E-state index contributed by atoms with van der Waals surface area (Å²) in [5, 5.41) is 9.46. The number of hydrogen-bond donors (Lipinski definition) is 1. The first-order valence-corrected chi connectivity index (χ1v) is 6.10. The van der Waals surface area contributed by atoms with Crippen molar-refractivity contribution in [1.82, 2.24) is 0 Å². The lowest BCUT2D eigenvalue weighted by atomic mass is 9.93. The van der Waals surface area contributed by atoms with Crippen LogP contribution >= 0.6 is 0 Å². The Morgan fingerprint density at radius 2 is 1.41 bits per heavy atom. The van der Waals surface area contributed by atoms with Crippen LogP contribution in [0.15, 0.2) is 60.7 Å². The number of benzene rings is 2. The Labute approximate surface area is 103 Å². The summed E-state index contributed by atoms with van der Waals surface area (Å²) in [4.78, 5) is 0. The SMILES string of the molecule is OCC(CCc1ccccc1)c1ccccc1. The van der Waals surface area contributed by atoms with Gasteiger partial charge in [-0.15, -0.1) is 0 Å². The summed E-state index contributed by atoms with van der Waals surface area (Å²) < 4.78 is 0. The van der Waals surface area contributed by atoms with Crippen molar-refractivity contribution < 1.29 is 5.11 Å². The minimum atomic E-state index is 0.219. The molecule has 0 heterocycles. The van der Waals surface area contributed by atoms with E-state index in [-0.39, 0.29) is 12.5 Å².